The maximum absolute atomic E-state index is 12.1. The molecule has 0 radical (unpaired) electrons. The van der Waals surface area contributed by atoms with Crippen molar-refractivity contribution in [1.29, 1.82) is 0 Å². The van der Waals surface area contributed by atoms with Gasteiger partial charge in [-0.3, -0.25) is 4.79 Å². The van der Waals surface area contributed by atoms with Crippen LogP contribution < -0.4 is 14.8 Å². The van der Waals surface area contributed by atoms with Gasteiger partial charge in [-0.05, 0) is 41.1 Å². The molecule has 3 rings (SSSR count). The highest BCUT2D eigenvalue weighted by molar-refractivity contribution is 6.31. The molecule has 122 valence electrons. The Kier molecular flexibility index (Phi) is 4.87. The molecule has 24 heavy (non-hydrogen) atoms. The van der Waals surface area contributed by atoms with Crippen molar-refractivity contribution in [3.8, 4) is 11.5 Å². The third kappa shape index (κ3) is 3.78. The monoisotopic (exact) mass is 341 g/mol. The zero-order chi connectivity index (χ0) is 16.9. The average Bonchev–Trinajstić information content (AvgIpc) is 2.60. The molecule has 0 aliphatic rings. The van der Waals surface area contributed by atoms with Crippen molar-refractivity contribution in [2.75, 3.05) is 19.0 Å². The fourth-order valence-corrected chi connectivity index (χ4v) is 2.54. The number of rotatable bonds is 5. The van der Waals surface area contributed by atoms with E-state index >= 15 is 0 Å². The van der Waals surface area contributed by atoms with Crippen molar-refractivity contribution in [1.82, 2.24) is 0 Å². The van der Waals surface area contributed by atoms with E-state index in [4.69, 9.17) is 21.1 Å². The predicted molar refractivity (Wildman–Crippen MR) is 96.1 cm³/mol. The molecule has 0 aliphatic carbocycles. The second-order valence-corrected chi connectivity index (χ2v) is 5.63. The number of benzene rings is 3. The van der Waals surface area contributed by atoms with Crippen LogP contribution in [-0.2, 0) is 4.79 Å². The van der Waals surface area contributed by atoms with Gasteiger partial charge in [0, 0.05) is 5.02 Å². The van der Waals surface area contributed by atoms with Crippen molar-refractivity contribution in [2.45, 2.75) is 0 Å². The van der Waals surface area contributed by atoms with Gasteiger partial charge < -0.3 is 14.8 Å². The summed E-state index contributed by atoms with van der Waals surface area (Å²) in [7, 11) is 1.53. The number of hydrogen-bond acceptors (Lipinski definition) is 3. The zero-order valence-electron chi connectivity index (χ0n) is 13.1. The molecular weight excluding hydrogens is 326 g/mol. The molecule has 0 aliphatic heterocycles. The highest BCUT2D eigenvalue weighted by Crippen LogP contribution is 2.27. The van der Waals surface area contributed by atoms with E-state index in [1.54, 1.807) is 18.2 Å². The van der Waals surface area contributed by atoms with Crippen molar-refractivity contribution >= 4 is 34.0 Å². The van der Waals surface area contributed by atoms with Crippen LogP contribution in [0.3, 0.4) is 0 Å². The Morgan fingerprint density at radius 1 is 1.04 bits per heavy atom. The van der Waals surface area contributed by atoms with E-state index in [-0.39, 0.29) is 12.5 Å². The molecule has 0 spiro atoms. The number of carbonyl (C=O) groups excluding carboxylic acids is 1. The average molecular weight is 342 g/mol. The minimum atomic E-state index is -0.288. The Bertz CT molecular complexity index is 879. The molecule has 5 heteroatoms. The predicted octanol–water partition coefficient (Wildman–Crippen LogP) is 4.52. The zero-order valence-corrected chi connectivity index (χ0v) is 13.8. The van der Waals surface area contributed by atoms with Crippen molar-refractivity contribution < 1.29 is 14.3 Å². The molecule has 0 saturated heterocycles. The van der Waals surface area contributed by atoms with Crippen molar-refractivity contribution in [2.24, 2.45) is 0 Å². The molecule has 0 fully saturated rings. The first-order valence-electron chi connectivity index (χ1n) is 7.41. The van der Waals surface area contributed by atoms with Gasteiger partial charge in [0.2, 0.25) is 0 Å². The SMILES string of the molecule is COc1ccc(Cl)cc1NC(=O)COc1ccc2ccccc2c1. The molecule has 0 aromatic heterocycles. The highest BCUT2D eigenvalue weighted by atomic mass is 35.5. The van der Waals surface area contributed by atoms with Crippen LogP contribution >= 0.6 is 11.6 Å². The number of anilines is 1. The number of hydrogen-bond donors (Lipinski definition) is 1. The van der Waals surface area contributed by atoms with Gasteiger partial charge in [-0.1, -0.05) is 41.9 Å². The van der Waals surface area contributed by atoms with Crippen LogP contribution in [0.15, 0.2) is 60.7 Å². The number of nitrogens with one attached hydrogen (secondary N) is 1. The molecule has 0 atom stereocenters. The molecule has 3 aromatic carbocycles. The van der Waals surface area contributed by atoms with Crippen LogP contribution in [0.25, 0.3) is 10.8 Å². The lowest BCUT2D eigenvalue weighted by Crippen LogP contribution is -2.20. The van der Waals surface area contributed by atoms with Gasteiger partial charge in [-0.2, -0.15) is 0 Å². The van der Waals surface area contributed by atoms with Gasteiger partial charge in [0.1, 0.15) is 11.5 Å². The van der Waals surface area contributed by atoms with E-state index in [0.717, 1.165) is 10.8 Å². The molecule has 1 N–H and O–H groups in total. The number of amides is 1. The molecule has 3 aromatic rings. The largest absolute Gasteiger partial charge is 0.495 e. The van der Waals surface area contributed by atoms with Crippen LogP contribution in [-0.4, -0.2) is 19.6 Å². The van der Waals surface area contributed by atoms with Gasteiger partial charge in [-0.25, -0.2) is 0 Å². The molecule has 4 nitrogen and oxygen atoms in total. The van der Waals surface area contributed by atoms with Gasteiger partial charge >= 0.3 is 0 Å². The molecule has 0 unspecified atom stereocenters. The fraction of sp³-hybridized carbons (Fsp3) is 0.105. The maximum Gasteiger partial charge on any atom is 0.262 e. The third-order valence-electron chi connectivity index (χ3n) is 3.53. The lowest BCUT2D eigenvalue weighted by atomic mass is 10.1. The van der Waals surface area contributed by atoms with Gasteiger partial charge in [0.15, 0.2) is 6.61 Å². The molecule has 0 bridgehead atoms. The molecular formula is C19H16ClNO3. The number of carbonyl (C=O) groups is 1. The first-order valence-corrected chi connectivity index (χ1v) is 7.78. The van der Waals surface area contributed by atoms with E-state index in [2.05, 4.69) is 5.32 Å². The van der Waals surface area contributed by atoms with Crippen LogP contribution in [0.1, 0.15) is 0 Å². The first-order chi connectivity index (χ1) is 11.7. The normalized spacial score (nSPS) is 10.4. The Morgan fingerprint density at radius 2 is 1.83 bits per heavy atom. The van der Waals surface area contributed by atoms with Gasteiger partial charge in [0.05, 0.1) is 12.8 Å². The Hall–Kier alpha value is -2.72. The third-order valence-corrected chi connectivity index (χ3v) is 3.76. The Balaban J connectivity index is 1.65. The second-order valence-electron chi connectivity index (χ2n) is 5.19. The maximum atomic E-state index is 12.1. The van der Waals surface area contributed by atoms with Crippen molar-refractivity contribution in [3.05, 3.63) is 65.7 Å². The summed E-state index contributed by atoms with van der Waals surface area (Å²) >= 11 is 5.95. The lowest BCUT2D eigenvalue weighted by Gasteiger charge is -2.11. The quantitative estimate of drug-likeness (QED) is 0.742. The summed E-state index contributed by atoms with van der Waals surface area (Å²) < 4.78 is 10.8. The number of fused-ring (bicyclic) bond motifs is 1. The van der Waals surface area contributed by atoms with E-state index in [1.165, 1.54) is 7.11 Å². The Labute approximate surface area is 145 Å². The van der Waals surface area contributed by atoms with Gasteiger partial charge in [0.25, 0.3) is 5.91 Å². The first kappa shape index (κ1) is 16.1. The summed E-state index contributed by atoms with van der Waals surface area (Å²) in [5.74, 6) is 0.893. The van der Waals surface area contributed by atoms with E-state index in [0.29, 0.717) is 22.2 Å². The molecule has 0 heterocycles. The highest BCUT2D eigenvalue weighted by Gasteiger charge is 2.09. The summed E-state index contributed by atoms with van der Waals surface area (Å²) in [6.07, 6.45) is 0. The van der Waals surface area contributed by atoms with Crippen molar-refractivity contribution in [3.63, 3.8) is 0 Å². The number of methoxy groups -OCH3 is 1. The summed E-state index contributed by atoms with van der Waals surface area (Å²) in [5.41, 5.74) is 0.511. The summed E-state index contributed by atoms with van der Waals surface area (Å²) in [6, 6.07) is 18.7. The van der Waals surface area contributed by atoms with Crippen LogP contribution in [0.5, 0.6) is 11.5 Å². The smallest absolute Gasteiger partial charge is 0.262 e. The Morgan fingerprint density at radius 3 is 2.62 bits per heavy atom. The topological polar surface area (TPSA) is 47.6 Å². The van der Waals surface area contributed by atoms with Gasteiger partial charge in [-0.15, -0.1) is 0 Å². The summed E-state index contributed by atoms with van der Waals surface area (Å²) in [5, 5.41) is 5.44. The van der Waals surface area contributed by atoms with E-state index < -0.39 is 0 Å². The number of ether oxygens (including phenoxy) is 2. The standard InChI is InChI=1S/C19H16ClNO3/c1-23-18-9-7-15(20)11-17(18)21-19(22)12-24-16-8-6-13-4-2-3-5-14(13)10-16/h2-11H,12H2,1H3,(H,21,22). The fourth-order valence-electron chi connectivity index (χ4n) is 2.37. The minimum absolute atomic E-state index is 0.103. The minimum Gasteiger partial charge on any atom is -0.495 e. The summed E-state index contributed by atoms with van der Waals surface area (Å²) in [4.78, 5) is 12.1. The molecule has 1 amide bonds. The van der Waals surface area contributed by atoms with Crippen LogP contribution in [0, 0.1) is 0 Å². The van der Waals surface area contributed by atoms with E-state index in [9.17, 15) is 4.79 Å². The lowest BCUT2D eigenvalue weighted by molar-refractivity contribution is -0.118. The number of halogens is 1. The van der Waals surface area contributed by atoms with Crippen LogP contribution in [0.4, 0.5) is 5.69 Å². The summed E-state index contributed by atoms with van der Waals surface area (Å²) in [6.45, 7) is -0.103. The van der Waals surface area contributed by atoms with Crippen LogP contribution in [0.2, 0.25) is 5.02 Å². The molecule has 0 saturated carbocycles. The second kappa shape index (κ2) is 7.23. The van der Waals surface area contributed by atoms with E-state index in [1.807, 2.05) is 42.5 Å².